The van der Waals surface area contributed by atoms with E-state index < -0.39 is 83.9 Å². The summed E-state index contributed by atoms with van der Waals surface area (Å²) < 4.78 is 76.3. The first-order valence-corrected chi connectivity index (χ1v) is 19.6. The van der Waals surface area contributed by atoms with Crippen molar-refractivity contribution in [3.05, 3.63) is 81.4 Å². The number of carbonyl (C=O) groups is 4. The molecular weight excluding hydrogens is 798 g/mol. The second kappa shape index (κ2) is 15.4. The number of cyclic esters (lactones) is 1. The summed E-state index contributed by atoms with van der Waals surface area (Å²) in [4.78, 5) is 54.1. The van der Waals surface area contributed by atoms with E-state index in [2.05, 4.69) is 11.4 Å². The first-order valence-electron chi connectivity index (χ1n) is 18.6. The zero-order valence-corrected chi connectivity index (χ0v) is 32.8. The first kappa shape index (κ1) is 40.0. The number of nitrogens with zero attached hydrogens (tertiary/aromatic N) is 2. The summed E-state index contributed by atoms with van der Waals surface area (Å²) in [5.74, 6) is -4.20. The molecule has 0 saturated carbocycles. The van der Waals surface area contributed by atoms with Crippen LogP contribution in [-0.4, -0.2) is 85.3 Å². The minimum Gasteiger partial charge on any atom is -0.493 e. The van der Waals surface area contributed by atoms with E-state index in [0.29, 0.717) is 34.2 Å². The molecule has 0 aliphatic carbocycles. The quantitative estimate of drug-likeness (QED) is 0.196. The molecule has 14 nitrogen and oxygen atoms in total. The largest absolute Gasteiger partial charge is 0.493 e. The number of aryl methyl sites for hydroxylation is 1. The van der Waals surface area contributed by atoms with Gasteiger partial charge in [-0.3, -0.25) is 14.5 Å². The predicted octanol–water partition coefficient (Wildman–Crippen LogP) is 4.85. The number of thioether (sulfide) groups is 1. The Morgan fingerprint density at radius 2 is 1.78 bits per heavy atom. The van der Waals surface area contributed by atoms with Gasteiger partial charge in [0.25, 0.3) is 0 Å². The minimum atomic E-state index is -5.30. The molecule has 2 saturated heterocycles. The van der Waals surface area contributed by atoms with Gasteiger partial charge in [0.1, 0.15) is 24.4 Å². The Morgan fingerprint density at radius 3 is 2.47 bits per heavy atom. The Balaban J connectivity index is 1.34. The van der Waals surface area contributed by atoms with Crippen molar-refractivity contribution in [1.29, 1.82) is 5.26 Å². The highest BCUT2D eigenvalue weighted by molar-refractivity contribution is 7.99. The number of halogens is 3. The van der Waals surface area contributed by atoms with Crippen LogP contribution in [-0.2, 0) is 30.3 Å². The van der Waals surface area contributed by atoms with Gasteiger partial charge in [-0.25, -0.2) is 9.59 Å². The maximum Gasteiger partial charge on any atom is 0.471 e. The molecule has 3 aromatic carbocycles. The SMILES string of the molecule is COc1c(C)cc2c(c1OC(=O)C=Cc1ccccc1)[C@H]1N[C@@H](C2)[C@H](C#N)N2C1[C@@H]1SCC(NC(=O)C(F)(F)F)C(=O)OC[C@H]2c2c3c(c(C)c(OC(C)=O)c21)OCO3. The van der Waals surface area contributed by atoms with Crippen LogP contribution in [0.15, 0.2) is 42.5 Å². The first-order chi connectivity index (χ1) is 28.2. The summed E-state index contributed by atoms with van der Waals surface area (Å²) in [6.45, 7) is 3.99. The van der Waals surface area contributed by atoms with Crippen LogP contribution in [0.1, 0.15) is 63.2 Å². The summed E-state index contributed by atoms with van der Waals surface area (Å²) in [6.07, 6.45) is -2.10. The van der Waals surface area contributed by atoms with Gasteiger partial charge in [-0.15, -0.1) is 11.8 Å². The van der Waals surface area contributed by atoms with E-state index in [0.717, 1.165) is 22.9 Å². The molecule has 5 aliphatic heterocycles. The summed E-state index contributed by atoms with van der Waals surface area (Å²) in [7, 11) is 1.45. The number of alkyl halides is 3. The molecule has 7 atom stereocenters. The summed E-state index contributed by atoms with van der Waals surface area (Å²) >= 11 is 1.00. The highest BCUT2D eigenvalue weighted by atomic mass is 32.2. The van der Waals surface area contributed by atoms with E-state index in [1.54, 1.807) is 25.2 Å². The van der Waals surface area contributed by atoms with Crippen molar-refractivity contribution in [2.75, 3.05) is 26.3 Å². The Labute approximate surface area is 339 Å². The molecule has 2 N–H and O–H groups in total. The molecule has 3 aromatic rings. The van der Waals surface area contributed by atoms with E-state index >= 15 is 0 Å². The molecule has 18 heteroatoms. The average molecular weight is 835 g/mol. The van der Waals surface area contributed by atoms with Crippen LogP contribution in [0.3, 0.4) is 0 Å². The number of hydrogen-bond donors (Lipinski definition) is 2. The van der Waals surface area contributed by atoms with Crippen LogP contribution in [0.5, 0.6) is 28.7 Å². The Bertz CT molecular complexity index is 2330. The Morgan fingerprint density at radius 1 is 1.03 bits per heavy atom. The number of rotatable bonds is 6. The molecule has 2 unspecified atom stereocenters. The molecule has 59 heavy (non-hydrogen) atoms. The van der Waals surface area contributed by atoms with Crippen molar-refractivity contribution < 1.29 is 60.8 Å². The van der Waals surface area contributed by atoms with Gasteiger partial charge in [0.15, 0.2) is 23.0 Å². The van der Waals surface area contributed by atoms with E-state index in [1.807, 2.05) is 41.3 Å². The van der Waals surface area contributed by atoms with Crippen molar-refractivity contribution in [2.45, 2.75) is 74.9 Å². The van der Waals surface area contributed by atoms with Crippen molar-refractivity contribution >= 4 is 41.7 Å². The van der Waals surface area contributed by atoms with E-state index in [4.69, 9.17) is 28.4 Å². The van der Waals surface area contributed by atoms with Crippen LogP contribution < -0.4 is 34.3 Å². The highest BCUT2D eigenvalue weighted by Crippen LogP contribution is 2.62. The monoisotopic (exact) mass is 834 g/mol. The van der Waals surface area contributed by atoms with Crippen molar-refractivity contribution in [1.82, 2.24) is 15.5 Å². The number of amides is 1. The van der Waals surface area contributed by atoms with Gasteiger partial charge in [-0.05, 0) is 43.0 Å². The van der Waals surface area contributed by atoms with Crippen LogP contribution in [0, 0.1) is 25.2 Å². The van der Waals surface area contributed by atoms with Gasteiger partial charge in [0.05, 0.1) is 30.5 Å². The maximum absolute atomic E-state index is 13.6. The second-order valence-electron chi connectivity index (χ2n) is 14.6. The number of methoxy groups -OCH3 is 1. The van der Waals surface area contributed by atoms with Gasteiger partial charge >= 0.3 is 30.0 Å². The molecule has 5 aliphatic rings. The van der Waals surface area contributed by atoms with Crippen LogP contribution in [0.25, 0.3) is 6.08 Å². The molecule has 0 radical (unpaired) electrons. The highest BCUT2D eigenvalue weighted by Gasteiger charge is 2.59. The Kier molecular flexibility index (Phi) is 10.5. The van der Waals surface area contributed by atoms with Gasteiger partial charge in [0, 0.05) is 53.1 Å². The zero-order chi connectivity index (χ0) is 41.9. The molecule has 308 valence electrons. The van der Waals surface area contributed by atoms with Crippen LogP contribution in [0.2, 0.25) is 0 Å². The van der Waals surface area contributed by atoms with E-state index in [9.17, 15) is 37.6 Å². The van der Waals surface area contributed by atoms with Gasteiger partial charge in [-0.2, -0.15) is 18.4 Å². The minimum absolute atomic E-state index is 0.104. The number of carbonyl (C=O) groups excluding carboxylic acids is 4. The molecule has 8 rings (SSSR count). The topological polar surface area (TPSA) is 175 Å². The van der Waals surface area contributed by atoms with Crippen molar-refractivity contribution in [3.63, 3.8) is 0 Å². The maximum atomic E-state index is 13.6. The number of nitriles is 1. The fourth-order valence-electron chi connectivity index (χ4n) is 8.85. The van der Waals surface area contributed by atoms with Gasteiger partial charge < -0.3 is 39.1 Å². The van der Waals surface area contributed by atoms with Crippen molar-refractivity contribution in [2.24, 2.45) is 0 Å². The summed E-state index contributed by atoms with van der Waals surface area (Å²) in [5.41, 5.74) is 3.94. The number of hydrogen-bond acceptors (Lipinski definition) is 14. The molecular formula is C41H37F3N4O10S. The third-order valence-electron chi connectivity index (χ3n) is 11.1. The number of ether oxygens (including phenoxy) is 6. The summed E-state index contributed by atoms with van der Waals surface area (Å²) in [5, 5.41) is 15.5. The summed E-state index contributed by atoms with van der Waals surface area (Å²) in [6, 6.07) is 7.68. The van der Waals surface area contributed by atoms with Gasteiger partial charge in [0.2, 0.25) is 6.79 Å². The Hall–Kier alpha value is -5.77. The average Bonchev–Trinajstić information content (AvgIpc) is 3.69. The normalized spacial score (nSPS) is 25.5. The second-order valence-corrected chi connectivity index (χ2v) is 15.8. The predicted molar refractivity (Wildman–Crippen MR) is 203 cm³/mol. The van der Waals surface area contributed by atoms with E-state index in [1.165, 1.54) is 20.1 Å². The molecule has 1 amide bonds. The number of fused-ring (bicyclic) bond motifs is 9. The lowest BCUT2D eigenvalue weighted by Crippen LogP contribution is -2.69. The zero-order valence-electron chi connectivity index (χ0n) is 32.0. The van der Waals surface area contributed by atoms with E-state index in [-0.39, 0.29) is 35.5 Å². The van der Waals surface area contributed by atoms with Crippen LogP contribution in [0.4, 0.5) is 13.2 Å². The number of nitrogens with one attached hydrogen (secondary N) is 2. The van der Waals surface area contributed by atoms with Gasteiger partial charge in [-0.1, -0.05) is 36.4 Å². The lowest BCUT2D eigenvalue weighted by molar-refractivity contribution is -0.175. The number of benzene rings is 3. The smallest absolute Gasteiger partial charge is 0.471 e. The molecule has 5 heterocycles. The lowest BCUT2D eigenvalue weighted by atomic mass is 9.72. The third-order valence-corrected chi connectivity index (χ3v) is 12.5. The van der Waals surface area contributed by atoms with Crippen LogP contribution >= 0.6 is 11.8 Å². The molecule has 0 spiro atoms. The van der Waals surface area contributed by atoms with Crippen molar-refractivity contribution in [3.8, 4) is 34.8 Å². The molecule has 4 bridgehead atoms. The molecule has 0 aromatic heterocycles. The standard InChI is InChI=1S/C41H37F3N4O10S/c1-18-12-22-13-23-25(14-45)48-26-15-54-39(51)24(47-40(52)41(42,43)44)16-59-38(30-29(26)36-35(55-17-56-36)19(2)34(30)57-20(3)49)32(48)31(46-23)28(22)37(33(18)53-4)58-27(50)11-10-21-8-6-5-7-9-21/h5-12,23-26,31-32,38,46H,13,15-17H2,1-4H3,(H,47,52)/t23-,24?,25-,26-,31+,32?,38+/m0/s1. The number of piperazine rings is 1. The lowest BCUT2D eigenvalue weighted by Gasteiger charge is -2.59. The number of esters is 3. The fraction of sp³-hybridized carbons (Fsp3) is 0.390. The fourth-order valence-corrected chi connectivity index (χ4v) is 10.4. The third kappa shape index (κ3) is 7.00. The molecule has 2 fully saturated rings.